The quantitative estimate of drug-likeness (QED) is 0.694. The number of carbonyl (C=O) groups is 2. The van der Waals surface area contributed by atoms with Crippen LogP contribution in [0, 0.1) is 17.6 Å². The maximum absolute atomic E-state index is 13.1. The highest BCUT2D eigenvalue weighted by atomic mass is 32.1. The van der Waals surface area contributed by atoms with Gasteiger partial charge in [-0.15, -0.1) is 10.2 Å². The number of nitrogens with one attached hydrogen (secondary N) is 1. The molecule has 1 aliphatic heterocycles. The zero-order valence-corrected chi connectivity index (χ0v) is 16.0. The van der Waals surface area contributed by atoms with E-state index >= 15 is 0 Å². The van der Waals surface area contributed by atoms with Gasteiger partial charge in [-0.1, -0.05) is 23.5 Å². The highest BCUT2D eigenvalue weighted by molar-refractivity contribution is 7.15. The predicted molar refractivity (Wildman–Crippen MR) is 105 cm³/mol. The molecule has 148 valence electrons. The molecule has 1 atom stereocenters. The van der Waals surface area contributed by atoms with Crippen LogP contribution in [0.3, 0.4) is 0 Å². The van der Waals surface area contributed by atoms with Gasteiger partial charge < -0.3 is 10.2 Å². The number of carbonyl (C=O) groups excluding carboxylic acids is 2. The number of anilines is 2. The Bertz CT molecular complexity index is 1040. The van der Waals surface area contributed by atoms with Gasteiger partial charge >= 0.3 is 0 Å². The summed E-state index contributed by atoms with van der Waals surface area (Å²) in [6, 6.07) is 11.7. The Morgan fingerprint density at radius 1 is 1.07 bits per heavy atom. The molecular weight excluding hydrogens is 398 g/mol. The molecule has 0 bridgehead atoms. The van der Waals surface area contributed by atoms with E-state index in [0.717, 1.165) is 5.56 Å². The Morgan fingerprint density at radius 3 is 2.41 bits per heavy atom. The van der Waals surface area contributed by atoms with Crippen molar-refractivity contribution in [3.8, 4) is 0 Å². The van der Waals surface area contributed by atoms with E-state index in [1.54, 1.807) is 12.1 Å². The van der Waals surface area contributed by atoms with Crippen LogP contribution in [0.25, 0.3) is 0 Å². The molecule has 2 aromatic carbocycles. The van der Waals surface area contributed by atoms with Crippen LogP contribution >= 0.6 is 11.3 Å². The van der Waals surface area contributed by atoms with Crippen LogP contribution in [0.4, 0.5) is 19.6 Å². The molecule has 3 aromatic rings. The molecule has 1 fully saturated rings. The first kappa shape index (κ1) is 19.1. The summed E-state index contributed by atoms with van der Waals surface area (Å²) in [5, 5.41) is 11.8. The maximum Gasteiger partial charge on any atom is 0.231 e. The summed E-state index contributed by atoms with van der Waals surface area (Å²) in [6.45, 7) is 0.220. The van der Waals surface area contributed by atoms with Crippen LogP contribution in [0.5, 0.6) is 0 Å². The zero-order chi connectivity index (χ0) is 20.4. The lowest BCUT2D eigenvalue weighted by molar-refractivity contribution is -0.122. The van der Waals surface area contributed by atoms with Gasteiger partial charge in [-0.2, -0.15) is 0 Å². The molecule has 0 aliphatic carbocycles. The Morgan fingerprint density at radius 2 is 1.72 bits per heavy atom. The SMILES string of the molecule is O=C(Nc1nnc(Cc2ccc(F)cc2)s1)[C@H]1CC(=O)N(c2ccc(F)cc2)C1. The van der Waals surface area contributed by atoms with Crippen molar-refractivity contribution in [2.45, 2.75) is 12.8 Å². The normalized spacial score (nSPS) is 16.3. The third-order valence-electron chi connectivity index (χ3n) is 4.60. The highest BCUT2D eigenvalue weighted by Crippen LogP contribution is 2.27. The number of nitrogens with zero attached hydrogens (tertiary/aromatic N) is 3. The third-order valence-corrected chi connectivity index (χ3v) is 5.44. The number of amides is 2. The predicted octanol–water partition coefficient (Wildman–Crippen LogP) is 3.40. The molecule has 0 unspecified atom stereocenters. The first-order valence-electron chi connectivity index (χ1n) is 8.91. The van der Waals surface area contributed by atoms with Gasteiger partial charge in [0, 0.05) is 25.1 Å². The molecule has 1 N–H and O–H groups in total. The molecular formula is C20H16F2N4O2S. The van der Waals surface area contributed by atoms with Crippen molar-refractivity contribution in [3.05, 3.63) is 70.7 Å². The second-order valence-electron chi connectivity index (χ2n) is 6.68. The molecule has 0 radical (unpaired) electrons. The Balaban J connectivity index is 1.37. The fourth-order valence-electron chi connectivity index (χ4n) is 3.11. The summed E-state index contributed by atoms with van der Waals surface area (Å²) in [6.07, 6.45) is 0.554. The van der Waals surface area contributed by atoms with Gasteiger partial charge in [0.15, 0.2) is 0 Å². The van der Waals surface area contributed by atoms with E-state index in [2.05, 4.69) is 15.5 Å². The van der Waals surface area contributed by atoms with Crippen LogP contribution < -0.4 is 10.2 Å². The average molecular weight is 414 g/mol. The number of aromatic nitrogens is 2. The van der Waals surface area contributed by atoms with Gasteiger partial charge in [0.05, 0.1) is 5.92 Å². The Kier molecular flexibility index (Phi) is 5.30. The van der Waals surface area contributed by atoms with Gasteiger partial charge in [0.1, 0.15) is 16.6 Å². The van der Waals surface area contributed by atoms with E-state index in [0.29, 0.717) is 22.2 Å². The van der Waals surface area contributed by atoms with Crippen LogP contribution in [0.1, 0.15) is 17.0 Å². The Hall–Kier alpha value is -3.20. The highest BCUT2D eigenvalue weighted by Gasteiger charge is 2.35. The summed E-state index contributed by atoms with van der Waals surface area (Å²) in [7, 11) is 0. The minimum absolute atomic E-state index is 0.0739. The van der Waals surface area contributed by atoms with Crippen molar-refractivity contribution in [3.63, 3.8) is 0 Å². The minimum Gasteiger partial charge on any atom is -0.312 e. The second kappa shape index (κ2) is 8.04. The van der Waals surface area contributed by atoms with E-state index in [1.807, 2.05) is 0 Å². The number of hydrogen-bond acceptors (Lipinski definition) is 5. The molecule has 0 spiro atoms. The number of benzene rings is 2. The van der Waals surface area contributed by atoms with Gasteiger partial charge in [-0.05, 0) is 42.0 Å². The minimum atomic E-state index is -0.531. The molecule has 1 aromatic heterocycles. The summed E-state index contributed by atoms with van der Waals surface area (Å²) in [4.78, 5) is 26.3. The lowest BCUT2D eigenvalue weighted by atomic mass is 10.1. The van der Waals surface area contributed by atoms with E-state index < -0.39 is 5.92 Å². The van der Waals surface area contributed by atoms with E-state index in [4.69, 9.17) is 0 Å². The van der Waals surface area contributed by atoms with E-state index in [9.17, 15) is 18.4 Å². The van der Waals surface area contributed by atoms with Gasteiger partial charge in [-0.3, -0.25) is 9.59 Å². The monoisotopic (exact) mass is 414 g/mol. The van der Waals surface area contributed by atoms with Gasteiger partial charge in [0.2, 0.25) is 16.9 Å². The molecule has 0 saturated carbocycles. The summed E-state index contributed by atoms with van der Waals surface area (Å²) < 4.78 is 26.1. The van der Waals surface area contributed by atoms with E-state index in [1.165, 1.54) is 52.6 Å². The maximum atomic E-state index is 13.1. The summed E-state index contributed by atoms with van der Waals surface area (Å²) in [5.74, 6) is -1.72. The standard InChI is InChI=1S/C20H16F2N4O2S/c21-14-3-1-12(2-4-14)9-17-24-25-20(29-17)23-19(28)13-10-18(27)26(11-13)16-7-5-15(22)6-8-16/h1-8,13H,9-11H2,(H,23,25,28)/t13-/m0/s1. The molecule has 1 aliphatic rings. The molecule has 9 heteroatoms. The number of halogens is 2. The van der Waals surface area contributed by atoms with Crippen molar-refractivity contribution in [2.75, 3.05) is 16.8 Å². The summed E-state index contributed by atoms with van der Waals surface area (Å²) >= 11 is 1.23. The number of rotatable bonds is 5. The average Bonchev–Trinajstić information content (AvgIpc) is 3.31. The van der Waals surface area contributed by atoms with Crippen LogP contribution in [0.15, 0.2) is 48.5 Å². The topological polar surface area (TPSA) is 75.2 Å². The van der Waals surface area contributed by atoms with Gasteiger partial charge in [-0.25, -0.2) is 8.78 Å². The Labute approximate surface area is 169 Å². The molecule has 29 heavy (non-hydrogen) atoms. The van der Waals surface area contributed by atoms with Gasteiger partial charge in [0.25, 0.3) is 0 Å². The van der Waals surface area contributed by atoms with Crippen molar-refractivity contribution in [1.29, 1.82) is 0 Å². The first-order chi connectivity index (χ1) is 14.0. The first-order valence-corrected chi connectivity index (χ1v) is 9.73. The fraction of sp³-hybridized carbons (Fsp3) is 0.200. The van der Waals surface area contributed by atoms with Crippen LogP contribution in [-0.2, 0) is 16.0 Å². The van der Waals surface area contributed by atoms with Crippen molar-refractivity contribution in [2.24, 2.45) is 5.92 Å². The van der Waals surface area contributed by atoms with Crippen LogP contribution in [0.2, 0.25) is 0 Å². The van der Waals surface area contributed by atoms with Crippen molar-refractivity contribution < 1.29 is 18.4 Å². The molecule has 2 amide bonds. The lowest BCUT2D eigenvalue weighted by Crippen LogP contribution is -2.28. The molecule has 2 heterocycles. The second-order valence-corrected chi connectivity index (χ2v) is 7.74. The largest absolute Gasteiger partial charge is 0.312 e. The fourth-order valence-corrected chi connectivity index (χ4v) is 3.89. The van der Waals surface area contributed by atoms with Crippen molar-refractivity contribution in [1.82, 2.24) is 10.2 Å². The lowest BCUT2D eigenvalue weighted by Gasteiger charge is -2.16. The van der Waals surface area contributed by atoms with E-state index in [-0.39, 0.29) is 36.4 Å². The molecule has 6 nitrogen and oxygen atoms in total. The smallest absolute Gasteiger partial charge is 0.231 e. The summed E-state index contributed by atoms with van der Waals surface area (Å²) in [5.41, 5.74) is 1.45. The zero-order valence-electron chi connectivity index (χ0n) is 15.1. The molecule has 1 saturated heterocycles. The molecule has 4 rings (SSSR count). The van der Waals surface area contributed by atoms with Crippen molar-refractivity contribution >= 4 is 34.0 Å². The number of hydrogen-bond donors (Lipinski definition) is 1. The van der Waals surface area contributed by atoms with Crippen LogP contribution in [-0.4, -0.2) is 28.6 Å². The third kappa shape index (κ3) is 4.45.